The Morgan fingerprint density at radius 3 is 2.67 bits per heavy atom. The van der Waals surface area contributed by atoms with E-state index in [2.05, 4.69) is 21.2 Å². The van der Waals surface area contributed by atoms with Crippen LogP contribution in [0.1, 0.15) is 11.1 Å². The third-order valence-electron chi connectivity index (χ3n) is 3.00. The van der Waals surface area contributed by atoms with Crippen molar-refractivity contribution in [1.29, 1.82) is 0 Å². The quantitative estimate of drug-likeness (QED) is 0.854. The fraction of sp³-hybridized carbons (Fsp3) is 0.250. The van der Waals surface area contributed by atoms with Crippen molar-refractivity contribution in [2.24, 2.45) is 0 Å². The summed E-state index contributed by atoms with van der Waals surface area (Å²) in [5, 5.41) is 3.08. The van der Waals surface area contributed by atoms with E-state index in [1.54, 1.807) is 25.3 Å². The maximum absolute atomic E-state index is 13.6. The van der Waals surface area contributed by atoms with E-state index in [9.17, 15) is 4.39 Å². The Bertz CT molecular complexity index is 619. The van der Waals surface area contributed by atoms with Crippen LogP contribution in [0.15, 0.2) is 40.9 Å². The van der Waals surface area contributed by atoms with Crippen LogP contribution in [0, 0.1) is 5.82 Å². The average Bonchev–Trinajstić information content (AvgIpc) is 2.47. The minimum atomic E-state index is -0.278. The monoisotopic (exact) mass is 353 g/mol. The number of benzene rings is 2. The smallest absolute Gasteiger partial charge is 0.175 e. The topological polar surface area (TPSA) is 30.5 Å². The Morgan fingerprint density at radius 2 is 2.00 bits per heavy atom. The number of methoxy groups -OCH3 is 1. The zero-order chi connectivity index (χ0) is 15.2. The maximum atomic E-state index is 13.6. The average molecular weight is 354 g/mol. The summed E-state index contributed by atoms with van der Waals surface area (Å²) in [6.45, 7) is 0.871. The van der Waals surface area contributed by atoms with Crippen molar-refractivity contribution in [3.8, 4) is 11.5 Å². The second-order valence-electron chi connectivity index (χ2n) is 4.52. The number of hydrogen-bond donors (Lipinski definition) is 1. The predicted octanol–water partition coefficient (Wildman–Crippen LogP) is 3.90. The van der Waals surface area contributed by atoms with Gasteiger partial charge in [0, 0.05) is 12.1 Å². The van der Waals surface area contributed by atoms with E-state index in [1.807, 2.05) is 19.2 Å². The fourth-order valence-corrected chi connectivity index (χ4v) is 2.59. The number of rotatable bonds is 6. The summed E-state index contributed by atoms with van der Waals surface area (Å²) in [5.74, 6) is 0.908. The van der Waals surface area contributed by atoms with Gasteiger partial charge in [0.2, 0.25) is 0 Å². The molecule has 0 saturated carbocycles. The molecular weight excluding hydrogens is 337 g/mol. The molecule has 0 spiro atoms. The molecule has 2 aromatic carbocycles. The SMILES string of the molecule is CNCc1cc(Br)c(OCc2ccccc2F)c(OC)c1. The van der Waals surface area contributed by atoms with Gasteiger partial charge >= 0.3 is 0 Å². The Labute approximate surface area is 132 Å². The summed E-state index contributed by atoms with van der Waals surface area (Å²) in [6.07, 6.45) is 0. The van der Waals surface area contributed by atoms with E-state index >= 15 is 0 Å². The molecule has 0 aromatic heterocycles. The first-order valence-electron chi connectivity index (χ1n) is 6.53. The third kappa shape index (κ3) is 3.95. The van der Waals surface area contributed by atoms with Gasteiger partial charge in [0.1, 0.15) is 12.4 Å². The lowest BCUT2D eigenvalue weighted by Crippen LogP contribution is -2.06. The molecule has 5 heteroatoms. The van der Waals surface area contributed by atoms with Crippen LogP contribution in [0.5, 0.6) is 11.5 Å². The largest absolute Gasteiger partial charge is 0.493 e. The lowest BCUT2D eigenvalue weighted by molar-refractivity contribution is 0.277. The molecule has 0 heterocycles. The van der Waals surface area contributed by atoms with Crippen LogP contribution in [0.2, 0.25) is 0 Å². The molecule has 0 aliphatic rings. The lowest BCUT2D eigenvalue weighted by Gasteiger charge is -2.14. The van der Waals surface area contributed by atoms with E-state index in [0.29, 0.717) is 17.1 Å². The van der Waals surface area contributed by atoms with E-state index in [4.69, 9.17) is 9.47 Å². The minimum Gasteiger partial charge on any atom is -0.493 e. The fourth-order valence-electron chi connectivity index (χ4n) is 1.98. The number of hydrogen-bond acceptors (Lipinski definition) is 3. The summed E-state index contributed by atoms with van der Waals surface area (Å²) in [4.78, 5) is 0. The Morgan fingerprint density at radius 1 is 1.24 bits per heavy atom. The highest BCUT2D eigenvalue weighted by Gasteiger charge is 2.12. The summed E-state index contributed by atoms with van der Waals surface area (Å²) >= 11 is 3.47. The maximum Gasteiger partial charge on any atom is 0.175 e. The molecule has 0 saturated heterocycles. The molecule has 0 amide bonds. The van der Waals surface area contributed by atoms with Gasteiger partial charge in [-0.2, -0.15) is 0 Å². The second kappa shape index (κ2) is 7.43. The van der Waals surface area contributed by atoms with Crippen molar-refractivity contribution in [2.75, 3.05) is 14.2 Å². The first kappa shape index (κ1) is 15.8. The number of nitrogens with one attached hydrogen (secondary N) is 1. The highest BCUT2D eigenvalue weighted by molar-refractivity contribution is 9.10. The lowest BCUT2D eigenvalue weighted by atomic mass is 10.2. The van der Waals surface area contributed by atoms with Crippen LogP contribution in [-0.4, -0.2) is 14.2 Å². The zero-order valence-electron chi connectivity index (χ0n) is 12.0. The van der Waals surface area contributed by atoms with Crippen molar-refractivity contribution in [3.63, 3.8) is 0 Å². The summed E-state index contributed by atoms with van der Waals surface area (Å²) in [6, 6.07) is 10.4. The van der Waals surface area contributed by atoms with Crippen LogP contribution >= 0.6 is 15.9 Å². The van der Waals surface area contributed by atoms with E-state index in [1.165, 1.54) is 6.07 Å². The predicted molar refractivity (Wildman–Crippen MR) is 84.2 cm³/mol. The van der Waals surface area contributed by atoms with Crippen molar-refractivity contribution >= 4 is 15.9 Å². The molecule has 0 radical (unpaired) electrons. The molecule has 0 unspecified atom stereocenters. The molecule has 2 aromatic rings. The molecule has 112 valence electrons. The van der Waals surface area contributed by atoms with Gasteiger partial charge in [-0.05, 0) is 46.7 Å². The van der Waals surface area contributed by atoms with Crippen molar-refractivity contribution in [3.05, 3.63) is 57.8 Å². The summed E-state index contributed by atoms with van der Waals surface area (Å²) in [5.41, 5.74) is 1.57. The molecule has 21 heavy (non-hydrogen) atoms. The highest BCUT2D eigenvalue weighted by Crippen LogP contribution is 2.37. The Hall–Kier alpha value is -1.59. The molecule has 0 bridgehead atoms. The normalized spacial score (nSPS) is 10.5. The van der Waals surface area contributed by atoms with Gasteiger partial charge in [-0.3, -0.25) is 0 Å². The highest BCUT2D eigenvalue weighted by atomic mass is 79.9. The van der Waals surface area contributed by atoms with Crippen molar-refractivity contribution in [2.45, 2.75) is 13.2 Å². The van der Waals surface area contributed by atoms with Gasteiger partial charge in [-0.25, -0.2) is 4.39 Å². The zero-order valence-corrected chi connectivity index (χ0v) is 13.5. The summed E-state index contributed by atoms with van der Waals surface area (Å²) < 4.78 is 25.5. The molecular formula is C16H17BrFNO2. The van der Waals surface area contributed by atoms with E-state index < -0.39 is 0 Å². The van der Waals surface area contributed by atoms with Gasteiger partial charge in [-0.1, -0.05) is 18.2 Å². The molecule has 0 aliphatic carbocycles. The van der Waals surface area contributed by atoms with Crippen molar-refractivity contribution in [1.82, 2.24) is 5.32 Å². The van der Waals surface area contributed by atoms with Gasteiger partial charge < -0.3 is 14.8 Å². The van der Waals surface area contributed by atoms with E-state index in [0.717, 1.165) is 16.6 Å². The number of halogens is 2. The van der Waals surface area contributed by atoms with Gasteiger partial charge in [0.05, 0.1) is 11.6 Å². The minimum absolute atomic E-state index is 0.146. The van der Waals surface area contributed by atoms with Gasteiger partial charge in [0.25, 0.3) is 0 Å². The Kier molecular flexibility index (Phi) is 5.59. The van der Waals surface area contributed by atoms with Crippen LogP contribution in [0.3, 0.4) is 0 Å². The second-order valence-corrected chi connectivity index (χ2v) is 5.37. The molecule has 2 rings (SSSR count). The van der Waals surface area contributed by atoms with Crippen LogP contribution in [-0.2, 0) is 13.2 Å². The third-order valence-corrected chi connectivity index (χ3v) is 3.59. The summed E-state index contributed by atoms with van der Waals surface area (Å²) in [7, 11) is 3.46. The van der Waals surface area contributed by atoms with Crippen LogP contribution in [0.4, 0.5) is 4.39 Å². The standard InChI is InChI=1S/C16H17BrFNO2/c1-19-9-11-7-13(17)16(15(8-11)20-2)21-10-12-5-3-4-6-14(12)18/h3-8,19H,9-10H2,1-2H3. The van der Waals surface area contributed by atoms with Crippen LogP contribution in [0.25, 0.3) is 0 Å². The molecule has 3 nitrogen and oxygen atoms in total. The van der Waals surface area contributed by atoms with Crippen molar-refractivity contribution < 1.29 is 13.9 Å². The molecule has 0 atom stereocenters. The molecule has 1 N–H and O–H groups in total. The van der Waals surface area contributed by atoms with Gasteiger partial charge in [0.15, 0.2) is 11.5 Å². The molecule has 0 fully saturated rings. The van der Waals surface area contributed by atoms with E-state index in [-0.39, 0.29) is 12.4 Å². The first-order chi connectivity index (χ1) is 10.2. The van der Waals surface area contributed by atoms with Gasteiger partial charge in [-0.15, -0.1) is 0 Å². The molecule has 0 aliphatic heterocycles. The number of ether oxygens (including phenoxy) is 2. The van der Waals surface area contributed by atoms with Crippen LogP contribution < -0.4 is 14.8 Å². The first-order valence-corrected chi connectivity index (χ1v) is 7.32. The Balaban J connectivity index is 2.21.